The van der Waals surface area contributed by atoms with Gasteiger partial charge >= 0.3 is 0 Å². The average molecular weight is 480 g/mol. The molecule has 1 aliphatic heterocycles. The number of methoxy groups -OCH3 is 2. The summed E-state index contributed by atoms with van der Waals surface area (Å²) in [4.78, 5) is 32.9. The number of carbonyl (C=O) groups is 1. The van der Waals surface area contributed by atoms with Gasteiger partial charge in [0.05, 0.1) is 26.3 Å². The summed E-state index contributed by atoms with van der Waals surface area (Å²) < 4.78 is 16.9. The molecule has 0 radical (unpaired) electrons. The van der Waals surface area contributed by atoms with E-state index in [2.05, 4.69) is 19.9 Å². The van der Waals surface area contributed by atoms with Gasteiger partial charge in [0.1, 0.15) is 11.8 Å². The molecule has 0 aliphatic carbocycles. The molecule has 2 atom stereocenters. The van der Waals surface area contributed by atoms with Gasteiger partial charge in [-0.15, -0.1) is 0 Å². The predicted molar refractivity (Wildman–Crippen MR) is 133 cm³/mol. The summed E-state index contributed by atoms with van der Waals surface area (Å²) >= 11 is 0. The number of aromatic nitrogens is 4. The predicted octanol–water partition coefficient (Wildman–Crippen LogP) is 4.36. The smallest absolute Gasteiger partial charge is 0.257 e. The average Bonchev–Trinajstić information content (AvgIpc) is 2.91. The quantitative estimate of drug-likeness (QED) is 0.514. The Balaban J connectivity index is 0.00000167. The molecule has 4 rings (SSSR count). The van der Waals surface area contributed by atoms with E-state index in [1.165, 1.54) is 7.11 Å². The highest BCUT2D eigenvalue weighted by Gasteiger charge is 2.33. The van der Waals surface area contributed by atoms with Crippen LogP contribution in [0, 0.1) is 6.92 Å². The van der Waals surface area contributed by atoms with Crippen LogP contribution in [0.5, 0.6) is 17.5 Å². The second-order valence-corrected chi connectivity index (χ2v) is 7.91. The zero-order valence-corrected chi connectivity index (χ0v) is 21.2. The van der Waals surface area contributed by atoms with Crippen LogP contribution < -0.4 is 14.2 Å². The van der Waals surface area contributed by atoms with Crippen molar-refractivity contribution in [1.29, 1.82) is 0 Å². The first-order valence-corrected chi connectivity index (χ1v) is 11.8. The molecule has 0 N–H and O–H groups in total. The Hall–Kier alpha value is -3.75. The Morgan fingerprint density at radius 3 is 2.43 bits per heavy atom. The van der Waals surface area contributed by atoms with Crippen LogP contribution in [0.2, 0.25) is 0 Å². The maximum absolute atomic E-state index is 13.7. The third-order valence-electron chi connectivity index (χ3n) is 5.74. The minimum atomic E-state index is -0.212. The van der Waals surface area contributed by atoms with Gasteiger partial charge in [0.2, 0.25) is 5.88 Å². The van der Waals surface area contributed by atoms with Gasteiger partial charge in [-0.05, 0) is 50.5 Å². The maximum Gasteiger partial charge on any atom is 0.257 e. The summed E-state index contributed by atoms with van der Waals surface area (Å²) in [7, 11) is 3.13. The highest BCUT2D eigenvalue weighted by Crippen LogP contribution is 2.31. The highest BCUT2D eigenvalue weighted by molar-refractivity contribution is 5.99. The van der Waals surface area contributed by atoms with Crippen LogP contribution in [-0.2, 0) is 0 Å². The Bertz CT molecular complexity index is 1130. The molecule has 1 fully saturated rings. The molecule has 0 spiro atoms. The van der Waals surface area contributed by atoms with Crippen molar-refractivity contribution in [1.82, 2.24) is 24.8 Å². The monoisotopic (exact) mass is 479 g/mol. The number of ether oxygens (including phenoxy) is 3. The number of likely N-dealkylation sites (tertiary alicyclic amines) is 1. The van der Waals surface area contributed by atoms with Crippen LogP contribution >= 0.6 is 0 Å². The van der Waals surface area contributed by atoms with Gasteiger partial charge < -0.3 is 19.1 Å². The van der Waals surface area contributed by atoms with Gasteiger partial charge in [0, 0.05) is 30.7 Å². The van der Waals surface area contributed by atoms with E-state index in [4.69, 9.17) is 14.2 Å². The van der Waals surface area contributed by atoms with E-state index in [9.17, 15) is 4.79 Å². The lowest BCUT2D eigenvalue weighted by Crippen LogP contribution is -2.49. The van der Waals surface area contributed by atoms with Gasteiger partial charge in [-0.1, -0.05) is 13.8 Å². The number of hydrogen-bond donors (Lipinski definition) is 0. The number of amides is 1. The third-order valence-corrected chi connectivity index (χ3v) is 5.74. The SMILES string of the molecule is CC.COc1ccc(C(=O)N2CC(Oc3nccc(C)c3OC)CC[C@H]2C)c(-c2ncccn2)n1. The Morgan fingerprint density at radius 2 is 1.74 bits per heavy atom. The largest absolute Gasteiger partial charge is 0.491 e. The minimum absolute atomic E-state index is 0.0383. The fourth-order valence-corrected chi connectivity index (χ4v) is 3.94. The fourth-order valence-electron chi connectivity index (χ4n) is 3.94. The first-order chi connectivity index (χ1) is 17.0. The van der Waals surface area contributed by atoms with Gasteiger partial charge in [-0.3, -0.25) is 4.79 Å². The number of rotatable bonds is 6. The van der Waals surface area contributed by atoms with Crippen molar-refractivity contribution in [3.8, 4) is 29.0 Å². The second-order valence-electron chi connectivity index (χ2n) is 7.91. The van der Waals surface area contributed by atoms with Crippen LogP contribution in [0.4, 0.5) is 0 Å². The van der Waals surface area contributed by atoms with E-state index >= 15 is 0 Å². The maximum atomic E-state index is 13.7. The van der Waals surface area contributed by atoms with Crippen LogP contribution in [0.25, 0.3) is 11.5 Å². The standard InChI is InChI=1S/C24H27N5O4.C2H6/c1-15-10-13-27-23(21(15)32-4)33-17-7-6-16(2)29(14-17)24(30)18-8-9-19(31-3)28-20(18)22-25-11-5-12-26-22;1-2/h5,8-13,16-17H,6-7,14H2,1-4H3;1-2H3/t16-,17?;/m1./s1. The van der Waals surface area contributed by atoms with Crippen molar-refractivity contribution in [2.24, 2.45) is 0 Å². The molecule has 0 bridgehead atoms. The van der Waals surface area contributed by atoms with Gasteiger partial charge in [0.15, 0.2) is 11.6 Å². The summed E-state index contributed by atoms with van der Waals surface area (Å²) in [5, 5.41) is 0. The topological polar surface area (TPSA) is 99.6 Å². The molecule has 4 heterocycles. The molecule has 1 amide bonds. The second kappa shape index (κ2) is 12.1. The summed E-state index contributed by atoms with van der Waals surface area (Å²) in [6.07, 6.45) is 6.32. The molecule has 9 heteroatoms. The third kappa shape index (κ3) is 5.85. The van der Waals surface area contributed by atoms with E-state index in [0.29, 0.717) is 41.1 Å². The zero-order valence-electron chi connectivity index (χ0n) is 21.2. The lowest BCUT2D eigenvalue weighted by molar-refractivity contribution is 0.0365. The summed E-state index contributed by atoms with van der Waals surface area (Å²) in [6, 6.07) is 7.00. The first-order valence-electron chi connectivity index (χ1n) is 11.8. The van der Waals surface area contributed by atoms with Crippen LogP contribution in [-0.4, -0.2) is 63.7 Å². The molecule has 1 saturated heterocycles. The number of hydrogen-bond acceptors (Lipinski definition) is 8. The number of pyridine rings is 2. The molecule has 1 unspecified atom stereocenters. The summed E-state index contributed by atoms with van der Waals surface area (Å²) in [5.74, 6) is 1.65. The Labute approximate surface area is 206 Å². The van der Waals surface area contributed by atoms with Crippen LogP contribution in [0.1, 0.15) is 49.5 Å². The number of carbonyl (C=O) groups excluding carboxylic acids is 1. The van der Waals surface area contributed by atoms with Crippen LogP contribution in [0.15, 0.2) is 42.9 Å². The molecule has 0 saturated carbocycles. The Morgan fingerprint density at radius 1 is 1.00 bits per heavy atom. The first kappa shape index (κ1) is 25.9. The minimum Gasteiger partial charge on any atom is -0.491 e. The molecule has 3 aromatic heterocycles. The zero-order chi connectivity index (χ0) is 25.4. The van der Waals surface area contributed by atoms with Gasteiger partial charge in [-0.25, -0.2) is 19.9 Å². The number of nitrogens with zero attached hydrogens (tertiary/aromatic N) is 5. The van der Waals surface area contributed by atoms with E-state index in [0.717, 1.165) is 18.4 Å². The molecule has 0 aromatic carbocycles. The molecular weight excluding hydrogens is 446 g/mol. The fraction of sp³-hybridized carbons (Fsp3) is 0.423. The van der Waals surface area contributed by atoms with E-state index < -0.39 is 0 Å². The van der Waals surface area contributed by atoms with Crippen LogP contribution in [0.3, 0.4) is 0 Å². The van der Waals surface area contributed by atoms with Crippen molar-refractivity contribution in [3.05, 3.63) is 54.0 Å². The van der Waals surface area contributed by atoms with Crippen molar-refractivity contribution in [2.75, 3.05) is 20.8 Å². The summed E-state index contributed by atoms with van der Waals surface area (Å²) in [5.41, 5.74) is 1.74. The molecule has 186 valence electrons. The van der Waals surface area contributed by atoms with Gasteiger partial charge in [-0.2, -0.15) is 0 Å². The molecule has 35 heavy (non-hydrogen) atoms. The van der Waals surface area contributed by atoms with Crippen molar-refractivity contribution in [3.63, 3.8) is 0 Å². The normalized spacial score (nSPS) is 17.1. The molecule has 1 aliphatic rings. The molecular formula is C26H33N5O4. The van der Waals surface area contributed by atoms with E-state index in [-0.39, 0.29) is 18.1 Å². The number of piperidine rings is 1. The van der Waals surface area contributed by atoms with Gasteiger partial charge in [0.25, 0.3) is 11.8 Å². The highest BCUT2D eigenvalue weighted by atomic mass is 16.5. The van der Waals surface area contributed by atoms with E-state index in [1.54, 1.807) is 43.9 Å². The van der Waals surface area contributed by atoms with Crippen molar-refractivity contribution >= 4 is 5.91 Å². The molecule has 3 aromatic rings. The lowest BCUT2D eigenvalue weighted by Gasteiger charge is -2.38. The summed E-state index contributed by atoms with van der Waals surface area (Å²) in [6.45, 7) is 8.39. The lowest BCUT2D eigenvalue weighted by atomic mass is 9.99. The Kier molecular flexibility index (Phi) is 8.94. The van der Waals surface area contributed by atoms with Crippen molar-refractivity contribution in [2.45, 2.75) is 52.7 Å². The number of aryl methyl sites for hydroxylation is 1. The van der Waals surface area contributed by atoms with E-state index in [1.807, 2.05) is 38.7 Å². The van der Waals surface area contributed by atoms with Crippen molar-refractivity contribution < 1.29 is 19.0 Å². The molecule has 9 nitrogen and oxygen atoms in total.